The van der Waals surface area contributed by atoms with E-state index in [0.717, 1.165) is 22.4 Å². The highest BCUT2D eigenvalue weighted by Crippen LogP contribution is 2.40. The molecule has 1 saturated heterocycles. The second kappa shape index (κ2) is 12.6. The number of methoxy groups -OCH3 is 2. The van der Waals surface area contributed by atoms with Crippen molar-refractivity contribution in [3.05, 3.63) is 70.2 Å². The lowest BCUT2D eigenvalue weighted by Gasteiger charge is -2.29. The largest absolute Gasteiger partial charge is 0.493 e. The number of carbonyl (C=O) groups is 1. The van der Waals surface area contributed by atoms with Gasteiger partial charge >= 0.3 is 0 Å². The van der Waals surface area contributed by atoms with E-state index in [4.69, 9.17) is 14.2 Å². The molecule has 2 aromatic carbocycles. The lowest BCUT2D eigenvalue weighted by atomic mass is 10.1. The summed E-state index contributed by atoms with van der Waals surface area (Å²) in [5.41, 5.74) is 1.65. The van der Waals surface area contributed by atoms with Crippen LogP contribution in [-0.2, 0) is 27.8 Å². The molecule has 1 atom stereocenters. The van der Waals surface area contributed by atoms with E-state index in [2.05, 4.69) is 10.7 Å². The molecule has 38 heavy (non-hydrogen) atoms. The summed E-state index contributed by atoms with van der Waals surface area (Å²) < 4.78 is 60.4. The van der Waals surface area contributed by atoms with Gasteiger partial charge in [0, 0.05) is 19.5 Å². The van der Waals surface area contributed by atoms with Gasteiger partial charge in [-0.1, -0.05) is 12.1 Å². The summed E-state index contributed by atoms with van der Waals surface area (Å²) in [6.45, 7) is 0.650. The summed E-state index contributed by atoms with van der Waals surface area (Å²) in [6.07, 6.45) is 2.39. The Labute approximate surface area is 226 Å². The molecule has 0 spiro atoms. The van der Waals surface area contributed by atoms with Gasteiger partial charge in [0.05, 0.1) is 20.8 Å². The van der Waals surface area contributed by atoms with Crippen molar-refractivity contribution in [3.8, 4) is 17.2 Å². The summed E-state index contributed by atoms with van der Waals surface area (Å²) in [6, 6.07) is 9.51. The number of sulfonamides is 1. The van der Waals surface area contributed by atoms with Crippen LogP contribution in [0.25, 0.3) is 0 Å². The molecule has 4 rings (SSSR count). The van der Waals surface area contributed by atoms with Crippen LogP contribution in [0.1, 0.15) is 30.4 Å². The number of ether oxygens (including phenoxy) is 3. The standard InChI is InChI=1S/C27H31FN2O6S2/c1-34-23-15-20(16-24(35-2)26(23)36-13-10-19-11-14-37-18-19)17-30(22-8-5-6-12-29-27(22)31)38(32,33)25-9-4-3-7-21(25)28/h3-4,7,9,11,14-16,18,22H,5-6,8,10,12-13,17H2,1-2H3,(H,29,31)/t22-/m0/s1. The van der Waals surface area contributed by atoms with Crippen molar-refractivity contribution in [1.29, 1.82) is 0 Å². The molecule has 1 aliphatic heterocycles. The Bertz CT molecular complexity index is 1320. The zero-order chi connectivity index (χ0) is 27.1. The molecular weight excluding hydrogens is 531 g/mol. The van der Waals surface area contributed by atoms with Crippen molar-refractivity contribution in [2.24, 2.45) is 0 Å². The van der Waals surface area contributed by atoms with E-state index >= 15 is 0 Å². The fraction of sp³-hybridized carbons (Fsp3) is 0.370. The highest BCUT2D eigenvalue weighted by molar-refractivity contribution is 7.89. The topological polar surface area (TPSA) is 94.2 Å². The molecule has 3 aromatic rings. The Morgan fingerprint density at radius 3 is 2.47 bits per heavy atom. The minimum atomic E-state index is -4.38. The van der Waals surface area contributed by atoms with Gasteiger partial charge < -0.3 is 19.5 Å². The minimum Gasteiger partial charge on any atom is -0.493 e. The van der Waals surface area contributed by atoms with E-state index in [9.17, 15) is 17.6 Å². The number of thiophene rings is 1. The molecule has 1 amide bonds. The molecule has 204 valence electrons. The summed E-state index contributed by atoms with van der Waals surface area (Å²) in [5, 5.41) is 6.83. The highest BCUT2D eigenvalue weighted by Gasteiger charge is 2.38. The number of benzene rings is 2. The third kappa shape index (κ3) is 6.28. The number of rotatable bonds is 11. The molecule has 1 aromatic heterocycles. The molecular formula is C27H31FN2O6S2. The van der Waals surface area contributed by atoms with Crippen LogP contribution in [0, 0.1) is 5.82 Å². The van der Waals surface area contributed by atoms with Crippen molar-refractivity contribution >= 4 is 27.3 Å². The quantitative estimate of drug-likeness (QED) is 0.373. The molecule has 0 aliphatic carbocycles. The van der Waals surface area contributed by atoms with Gasteiger partial charge in [-0.05, 0) is 71.5 Å². The Morgan fingerprint density at radius 1 is 1.08 bits per heavy atom. The van der Waals surface area contributed by atoms with E-state index in [-0.39, 0.29) is 6.54 Å². The van der Waals surface area contributed by atoms with Gasteiger partial charge in [-0.25, -0.2) is 12.8 Å². The maximum Gasteiger partial charge on any atom is 0.247 e. The lowest BCUT2D eigenvalue weighted by molar-refractivity contribution is -0.124. The van der Waals surface area contributed by atoms with Gasteiger partial charge in [0.2, 0.25) is 21.7 Å². The first-order valence-corrected chi connectivity index (χ1v) is 14.7. The lowest BCUT2D eigenvalue weighted by Crippen LogP contribution is -2.48. The first kappa shape index (κ1) is 27.9. The Hall–Kier alpha value is -3.15. The summed E-state index contributed by atoms with van der Waals surface area (Å²) >= 11 is 1.61. The predicted molar refractivity (Wildman–Crippen MR) is 143 cm³/mol. The molecule has 0 bridgehead atoms. The average Bonchev–Trinajstić information content (AvgIpc) is 3.34. The first-order valence-electron chi connectivity index (χ1n) is 12.3. The molecule has 1 aliphatic rings. The SMILES string of the molecule is COc1cc(CN([C@H]2CCCCNC2=O)S(=O)(=O)c2ccccc2F)cc(OC)c1OCCc1ccsc1. The van der Waals surface area contributed by atoms with Crippen molar-refractivity contribution in [2.45, 2.75) is 43.2 Å². The van der Waals surface area contributed by atoms with Crippen LogP contribution in [0.2, 0.25) is 0 Å². The van der Waals surface area contributed by atoms with Crippen LogP contribution >= 0.6 is 11.3 Å². The Morgan fingerprint density at radius 2 is 1.82 bits per heavy atom. The average molecular weight is 563 g/mol. The van der Waals surface area contributed by atoms with Crippen molar-refractivity contribution in [1.82, 2.24) is 9.62 Å². The van der Waals surface area contributed by atoms with E-state index in [1.165, 1.54) is 32.4 Å². The van der Waals surface area contributed by atoms with Gasteiger partial charge in [0.1, 0.15) is 16.8 Å². The Balaban J connectivity index is 1.69. The normalized spacial score (nSPS) is 16.1. The van der Waals surface area contributed by atoms with Crippen molar-refractivity contribution in [2.75, 3.05) is 27.4 Å². The van der Waals surface area contributed by atoms with E-state index in [0.29, 0.717) is 55.2 Å². The number of amides is 1. The smallest absolute Gasteiger partial charge is 0.247 e. The summed E-state index contributed by atoms with van der Waals surface area (Å²) in [4.78, 5) is 12.5. The molecule has 11 heteroatoms. The maximum absolute atomic E-state index is 14.7. The van der Waals surface area contributed by atoms with Gasteiger partial charge in [0.15, 0.2) is 11.5 Å². The zero-order valence-electron chi connectivity index (χ0n) is 21.3. The van der Waals surface area contributed by atoms with Crippen LogP contribution < -0.4 is 19.5 Å². The highest BCUT2D eigenvalue weighted by atomic mass is 32.2. The van der Waals surface area contributed by atoms with Gasteiger partial charge in [-0.15, -0.1) is 0 Å². The number of hydrogen-bond donors (Lipinski definition) is 1. The fourth-order valence-electron chi connectivity index (χ4n) is 4.39. The molecule has 0 unspecified atom stereocenters. The number of carbonyl (C=O) groups excluding carboxylic acids is 1. The molecule has 0 radical (unpaired) electrons. The van der Waals surface area contributed by atoms with Crippen LogP contribution in [0.3, 0.4) is 0 Å². The predicted octanol–water partition coefficient (Wildman–Crippen LogP) is 4.39. The molecule has 1 fully saturated rings. The second-order valence-corrected chi connectivity index (χ2v) is 11.5. The monoisotopic (exact) mass is 562 g/mol. The van der Waals surface area contributed by atoms with Gasteiger partial charge in [-0.2, -0.15) is 15.6 Å². The van der Waals surface area contributed by atoms with E-state index in [1.807, 2.05) is 11.4 Å². The van der Waals surface area contributed by atoms with Crippen LogP contribution in [0.4, 0.5) is 4.39 Å². The summed E-state index contributed by atoms with van der Waals surface area (Å²) in [5.74, 6) is -0.174. The first-order chi connectivity index (χ1) is 18.3. The summed E-state index contributed by atoms with van der Waals surface area (Å²) in [7, 11) is -1.42. The molecule has 8 nitrogen and oxygen atoms in total. The number of nitrogens with zero attached hydrogens (tertiary/aromatic N) is 1. The van der Waals surface area contributed by atoms with E-state index in [1.54, 1.807) is 23.5 Å². The molecule has 2 heterocycles. The van der Waals surface area contributed by atoms with Gasteiger partial charge in [0.25, 0.3) is 0 Å². The number of nitrogens with one attached hydrogen (secondary N) is 1. The van der Waals surface area contributed by atoms with Gasteiger partial charge in [-0.3, -0.25) is 4.79 Å². The van der Waals surface area contributed by atoms with Crippen LogP contribution in [-0.4, -0.2) is 52.0 Å². The third-order valence-corrected chi connectivity index (χ3v) is 8.97. The second-order valence-electron chi connectivity index (χ2n) is 8.84. The third-order valence-electron chi connectivity index (χ3n) is 6.35. The minimum absolute atomic E-state index is 0.198. The molecule has 1 N–H and O–H groups in total. The van der Waals surface area contributed by atoms with Crippen LogP contribution in [0.5, 0.6) is 17.2 Å². The van der Waals surface area contributed by atoms with Crippen molar-refractivity contribution < 1.29 is 31.8 Å². The maximum atomic E-state index is 14.7. The van der Waals surface area contributed by atoms with Crippen molar-refractivity contribution in [3.63, 3.8) is 0 Å². The number of halogens is 1. The molecule has 0 saturated carbocycles. The Kier molecular flexibility index (Phi) is 9.24. The number of hydrogen-bond acceptors (Lipinski definition) is 7. The fourth-order valence-corrected chi connectivity index (χ4v) is 6.77. The van der Waals surface area contributed by atoms with Crippen LogP contribution in [0.15, 0.2) is 58.1 Å². The zero-order valence-corrected chi connectivity index (χ0v) is 22.9. The van der Waals surface area contributed by atoms with E-state index < -0.39 is 32.7 Å².